The van der Waals surface area contributed by atoms with Crippen molar-refractivity contribution in [2.45, 2.75) is 19.9 Å². The van der Waals surface area contributed by atoms with E-state index in [1.165, 1.54) is 17.0 Å². The molecule has 1 aromatic carbocycles. The topological polar surface area (TPSA) is 55.6 Å². The van der Waals surface area contributed by atoms with E-state index in [-0.39, 0.29) is 17.6 Å². The van der Waals surface area contributed by atoms with E-state index >= 15 is 0 Å². The Labute approximate surface area is 113 Å². The molecule has 0 spiro atoms. The van der Waals surface area contributed by atoms with Crippen molar-refractivity contribution in [1.29, 1.82) is 0 Å². The number of rotatable bonds is 6. The summed E-state index contributed by atoms with van der Waals surface area (Å²) in [6.07, 6.45) is 0. The number of nitrogens with two attached hydrogens (primary N) is 1. The van der Waals surface area contributed by atoms with Crippen LogP contribution in [0.2, 0.25) is 0 Å². The van der Waals surface area contributed by atoms with Gasteiger partial charge in [-0.05, 0) is 18.1 Å². The summed E-state index contributed by atoms with van der Waals surface area (Å²) in [7, 11) is 1.68. The third kappa shape index (κ3) is 4.87. The lowest BCUT2D eigenvalue weighted by molar-refractivity contribution is -0.132. The van der Waals surface area contributed by atoms with Gasteiger partial charge >= 0.3 is 0 Å². The maximum Gasteiger partial charge on any atom is 0.239 e. The van der Waals surface area contributed by atoms with Crippen molar-refractivity contribution in [2.24, 2.45) is 11.7 Å². The van der Waals surface area contributed by atoms with E-state index in [1.54, 1.807) is 19.2 Å². The van der Waals surface area contributed by atoms with Gasteiger partial charge in [0.2, 0.25) is 5.91 Å². The number of likely N-dealkylation sites (N-methyl/N-ethyl adjacent to an activating group) is 1. The number of benzene rings is 1. The van der Waals surface area contributed by atoms with Crippen molar-refractivity contribution in [2.75, 3.05) is 20.2 Å². The average molecular weight is 268 g/mol. The first-order chi connectivity index (χ1) is 8.91. The van der Waals surface area contributed by atoms with Gasteiger partial charge in [-0.1, -0.05) is 19.9 Å². The second-order valence-corrected chi connectivity index (χ2v) is 4.84. The highest BCUT2D eigenvalue weighted by atomic mass is 19.1. The van der Waals surface area contributed by atoms with Crippen molar-refractivity contribution in [3.05, 3.63) is 30.1 Å². The zero-order valence-electron chi connectivity index (χ0n) is 11.6. The van der Waals surface area contributed by atoms with Gasteiger partial charge in [0.15, 0.2) is 0 Å². The predicted molar refractivity (Wildman–Crippen MR) is 72.3 cm³/mol. The first kappa shape index (κ1) is 15.4. The molecule has 19 heavy (non-hydrogen) atoms. The summed E-state index contributed by atoms with van der Waals surface area (Å²) in [6.45, 7) is 4.52. The van der Waals surface area contributed by atoms with Gasteiger partial charge in [0, 0.05) is 13.1 Å². The number of carbonyl (C=O) groups excluding carboxylic acids is 1. The molecule has 0 saturated heterocycles. The highest BCUT2D eigenvalue weighted by molar-refractivity contribution is 5.81. The Hall–Kier alpha value is -1.62. The average Bonchev–Trinajstić information content (AvgIpc) is 2.36. The van der Waals surface area contributed by atoms with Gasteiger partial charge < -0.3 is 15.4 Å². The summed E-state index contributed by atoms with van der Waals surface area (Å²) in [5, 5.41) is 0. The Morgan fingerprint density at radius 1 is 1.47 bits per heavy atom. The maximum absolute atomic E-state index is 12.9. The van der Waals surface area contributed by atoms with Crippen molar-refractivity contribution in [1.82, 2.24) is 4.90 Å². The monoisotopic (exact) mass is 268 g/mol. The van der Waals surface area contributed by atoms with Crippen LogP contribution in [0.1, 0.15) is 13.8 Å². The van der Waals surface area contributed by atoms with E-state index in [2.05, 4.69) is 0 Å². The van der Waals surface area contributed by atoms with Gasteiger partial charge in [-0.3, -0.25) is 4.79 Å². The molecule has 2 N–H and O–H groups in total. The molecule has 0 aliphatic carbocycles. The lowest BCUT2D eigenvalue weighted by Crippen LogP contribution is -2.46. The first-order valence-corrected chi connectivity index (χ1v) is 6.30. The van der Waals surface area contributed by atoms with Crippen LogP contribution in [0.25, 0.3) is 0 Å². The van der Waals surface area contributed by atoms with Crippen LogP contribution in [-0.4, -0.2) is 37.0 Å². The zero-order valence-corrected chi connectivity index (χ0v) is 11.6. The van der Waals surface area contributed by atoms with Gasteiger partial charge in [-0.15, -0.1) is 0 Å². The molecule has 0 fully saturated rings. The van der Waals surface area contributed by atoms with Crippen LogP contribution in [0.5, 0.6) is 5.75 Å². The zero-order chi connectivity index (χ0) is 14.4. The number of nitrogens with zero attached hydrogens (tertiary/aromatic N) is 1. The fourth-order valence-corrected chi connectivity index (χ4v) is 1.51. The molecule has 1 amide bonds. The molecule has 4 nitrogen and oxygen atoms in total. The van der Waals surface area contributed by atoms with E-state index in [1.807, 2.05) is 13.8 Å². The van der Waals surface area contributed by atoms with Gasteiger partial charge in [0.25, 0.3) is 0 Å². The third-order valence-electron chi connectivity index (χ3n) is 2.87. The molecule has 0 radical (unpaired) electrons. The molecule has 0 saturated carbocycles. The second kappa shape index (κ2) is 7.09. The molecule has 0 aliphatic heterocycles. The van der Waals surface area contributed by atoms with Crippen LogP contribution in [0.4, 0.5) is 4.39 Å². The highest BCUT2D eigenvalue weighted by Gasteiger charge is 2.20. The van der Waals surface area contributed by atoms with Crippen molar-refractivity contribution >= 4 is 5.91 Å². The number of hydrogen-bond donors (Lipinski definition) is 1. The lowest BCUT2D eigenvalue weighted by atomic mass is 10.0. The van der Waals surface area contributed by atoms with Gasteiger partial charge in [0.05, 0.1) is 12.6 Å². The SMILES string of the molecule is CC(C)C(N)C(=O)N(C)CCOc1cccc(F)c1. The predicted octanol–water partition coefficient (Wildman–Crippen LogP) is 1.65. The smallest absolute Gasteiger partial charge is 0.239 e. The summed E-state index contributed by atoms with van der Waals surface area (Å²) < 4.78 is 18.3. The minimum atomic E-state index is -0.501. The Balaban J connectivity index is 2.38. The first-order valence-electron chi connectivity index (χ1n) is 6.30. The largest absolute Gasteiger partial charge is 0.492 e. The number of amides is 1. The Bertz CT molecular complexity index is 424. The fraction of sp³-hybridized carbons (Fsp3) is 0.500. The van der Waals surface area contributed by atoms with Gasteiger partial charge in [0.1, 0.15) is 18.2 Å². The molecule has 1 unspecified atom stereocenters. The van der Waals surface area contributed by atoms with E-state index < -0.39 is 6.04 Å². The molecular weight excluding hydrogens is 247 g/mol. The van der Waals surface area contributed by atoms with Crippen LogP contribution in [0, 0.1) is 11.7 Å². The standard InChI is InChI=1S/C14H21FN2O2/c1-10(2)13(16)14(18)17(3)7-8-19-12-6-4-5-11(15)9-12/h4-6,9-10,13H,7-8,16H2,1-3H3. The molecule has 0 heterocycles. The van der Waals surface area contributed by atoms with Crippen molar-refractivity contribution in [3.8, 4) is 5.75 Å². The number of ether oxygens (including phenoxy) is 1. The highest BCUT2D eigenvalue weighted by Crippen LogP contribution is 2.11. The summed E-state index contributed by atoms with van der Waals surface area (Å²) in [5.74, 6) is 0.0923. The van der Waals surface area contributed by atoms with Crippen LogP contribution in [-0.2, 0) is 4.79 Å². The molecular formula is C14H21FN2O2. The van der Waals surface area contributed by atoms with Gasteiger partial charge in [-0.2, -0.15) is 0 Å². The van der Waals surface area contributed by atoms with E-state index in [0.29, 0.717) is 18.9 Å². The van der Waals surface area contributed by atoms with E-state index in [4.69, 9.17) is 10.5 Å². The van der Waals surface area contributed by atoms with Crippen molar-refractivity contribution < 1.29 is 13.9 Å². The van der Waals surface area contributed by atoms with Crippen molar-refractivity contribution in [3.63, 3.8) is 0 Å². The Morgan fingerprint density at radius 3 is 2.74 bits per heavy atom. The Morgan fingerprint density at radius 2 is 2.16 bits per heavy atom. The minimum Gasteiger partial charge on any atom is -0.492 e. The second-order valence-electron chi connectivity index (χ2n) is 4.84. The quantitative estimate of drug-likeness (QED) is 0.853. The van der Waals surface area contributed by atoms with E-state index in [9.17, 15) is 9.18 Å². The number of halogens is 1. The van der Waals surface area contributed by atoms with Crippen LogP contribution < -0.4 is 10.5 Å². The molecule has 1 atom stereocenters. The maximum atomic E-state index is 12.9. The Kier molecular flexibility index (Phi) is 5.76. The van der Waals surface area contributed by atoms with Gasteiger partial charge in [-0.25, -0.2) is 4.39 Å². The lowest BCUT2D eigenvalue weighted by Gasteiger charge is -2.23. The number of hydrogen-bond acceptors (Lipinski definition) is 3. The molecule has 0 aliphatic rings. The molecule has 106 valence electrons. The minimum absolute atomic E-state index is 0.0964. The molecule has 5 heteroatoms. The molecule has 1 rings (SSSR count). The molecule has 0 bridgehead atoms. The summed E-state index contributed by atoms with van der Waals surface area (Å²) in [6, 6.07) is 5.41. The molecule has 1 aromatic rings. The normalized spacial score (nSPS) is 12.3. The molecule has 0 aromatic heterocycles. The van der Waals surface area contributed by atoms with E-state index in [0.717, 1.165) is 0 Å². The summed E-state index contributed by atoms with van der Waals surface area (Å²) in [4.78, 5) is 13.4. The fourth-order valence-electron chi connectivity index (χ4n) is 1.51. The number of carbonyl (C=O) groups is 1. The van der Waals surface area contributed by atoms with Crippen LogP contribution in [0.15, 0.2) is 24.3 Å². The third-order valence-corrected chi connectivity index (χ3v) is 2.87. The van der Waals surface area contributed by atoms with Crippen LogP contribution >= 0.6 is 0 Å². The summed E-state index contributed by atoms with van der Waals surface area (Å²) in [5.41, 5.74) is 5.78. The summed E-state index contributed by atoms with van der Waals surface area (Å²) >= 11 is 0. The van der Waals surface area contributed by atoms with Crippen LogP contribution in [0.3, 0.4) is 0 Å².